The van der Waals surface area contributed by atoms with E-state index in [-0.39, 0.29) is 22.9 Å². The van der Waals surface area contributed by atoms with Gasteiger partial charge in [-0.15, -0.1) is 0 Å². The third-order valence-corrected chi connectivity index (χ3v) is 3.35. The van der Waals surface area contributed by atoms with Crippen LogP contribution in [-0.4, -0.2) is 23.9 Å². The Balaban J connectivity index is 2.95. The van der Waals surface area contributed by atoms with Gasteiger partial charge in [-0.25, -0.2) is 4.39 Å². The van der Waals surface area contributed by atoms with Gasteiger partial charge in [-0.2, -0.15) is 5.26 Å². The minimum atomic E-state index is -0.908. The first-order valence-electron chi connectivity index (χ1n) is 6.16. The molecule has 3 nitrogen and oxygen atoms in total. The van der Waals surface area contributed by atoms with Gasteiger partial charge in [0.05, 0.1) is 6.07 Å². The van der Waals surface area contributed by atoms with Crippen LogP contribution >= 0.6 is 11.6 Å². The van der Waals surface area contributed by atoms with E-state index in [1.807, 2.05) is 19.9 Å². The first kappa shape index (κ1) is 15.5. The Labute approximate surface area is 117 Å². The van der Waals surface area contributed by atoms with Crippen molar-refractivity contribution in [3.8, 4) is 6.07 Å². The van der Waals surface area contributed by atoms with Gasteiger partial charge < -0.3 is 4.90 Å². The Morgan fingerprint density at radius 3 is 2.58 bits per heavy atom. The maximum Gasteiger partial charge on any atom is 0.240 e. The molecule has 0 aliphatic heterocycles. The molecule has 0 bridgehead atoms. The van der Waals surface area contributed by atoms with Crippen LogP contribution in [0.1, 0.15) is 19.4 Å². The summed E-state index contributed by atoms with van der Waals surface area (Å²) in [7, 11) is 0. The van der Waals surface area contributed by atoms with Crippen molar-refractivity contribution >= 4 is 17.5 Å². The lowest BCUT2D eigenvalue weighted by molar-refractivity contribution is -0.133. The molecule has 1 aromatic carbocycles. The second-order valence-corrected chi connectivity index (χ2v) is 4.50. The van der Waals surface area contributed by atoms with E-state index >= 15 is 0 Å². The third-order valence-electron chi connectivity index (χ3n) is 3.00. The van der Waals surface area contributed by atoms with Gasteiger partial charge in [-0.3, -0.25) is 4.79 Å². The summed E-state index contributed by atoms with van der Waals surface area (Å²) in [4.78, 5) is 13.7. The Bertz CT molecular complexity index is 474. The summed E-state index contributed by atoms with van der Waals surface area (Å²) in [5.41, 5.74) is 0.219. The van der Waals surface area contributed by atoms with E-state index in [0.717, 1.165) is 0 Å². The minimum Gasteiger partial charge on any atom is -0.342 e. The first-order chi connectivity index (χ1) is 9.04. The predicted octanol–water partition coefficient (Wildman–Crippen LogP) is 3.03. The van der Waals surface area contributed by atoms with Gasteiger partial charge >= 0.3 is 0 Å². The van der Waals surface area contributed by atoms with Gasteiger partial charge in [0.25, 0.3) is 0 Å². The molecular weight excluding hydrogens is 267 g/mol. The summed E-state index contributed by atoms with van der Waals surface area (Å²) in [5, 5.41) is 9.36. The van der Waals surface area contributed by atoms with Gasteiger partial charge in [0.15, 0.2) is 0 Å². The normalized spacial score (nSPS) is 11.7. The molecule has 1 rings (SSSR count). The van der Waals surface area contributed by atoms with E-state index in [4.69, 9.17) is 16.9 Å². The molecule has 102 valence electrons. The second-order valence-electron chi connectivity index (χ2n) is 4.10. The number of halogens is 2. The summed E-state index contributed by atoms with van der Waals surface area (Å²) >= 11 is 5.91. The van der Waals surface area contributed by atoms with E-state index < -0.39 is 11.7 Å². The molecule has 0 fully saturated rings. The molecule has 1 atom stereocenters. The number of amides is 1. The lowest BCUT2D eigenvalue weighted by Gasteiger charge is -2.21. The summed E-state index contributed by atoms with van der Waals surface area (Å²) in [6.45, 7) is 4.73. The Morgan fingerprint density at radius 1 is 1.47 bits per heavy atom. The van der Waals surface area contributed by atoms with E-state index in [1.165, 1.54) is 12.1 Å². The fraction of sp³-hybridized carbons (Fsp3) is 0.429. The molecule has 1 amide bonds. The molecule has 0 radical (unpaired) electrons. The number of rotatable bonds is 5. The highest BCUT2D eigenvalue weighted by atomic mass is 35.5. The maximum atomic E-state index is 13.7. The quantitative estimate of drug-likeness (QED) is 0.833. The highest BCUT2D eigenvalue weighted by Gasteiger charge is 2.24. The molecule has 19 heavy (non-hydrogen) atoms. The van der Waals surface area contributed by atoms with Crippen LogP contribution in [0.25, 0.3) is 0 Å². The van der Waals surface area contributed by atoms with Crippen molar-refractivity contribution in [1.29, 1.82) is 5.26 Å². The van der Waals surface area contributed by atoms with Gasteiger partial charge in [-0.1, -0.05) is 17.7 Å². The molecule has 0 aliphatic rings. The van der Waals surface area contributed by atoms with Crippen LogP contribution in [0.15, 0.2) is 18.2 Å². The van der Waals surface area contributed by atoms with Crippen LogP contribution in [0.2, 0.25) is 5.02 Å². The number of hydrogen-bond acceptors (Lipinski definition) is 2. The average Bonchev–Trinajstić information content (AvgIpc) is 2.40. The largest absolute Gasteiger partial charge is 0.342 e. The van der Waals surface area contributed by atoms with Crippen LogP contribution in [0.4, 0.5) is 4.39 Å². The topological polar surface area (TPSA) is 44.1 Å². The second kappa shape index (κ2) is 7.10. The maximum absolute atomic E-state index is 13.7. The highest BCUT2D eigenvalue weighted by molar-refractivity contribution is 6.31. The van der Waals surface area contributed by atoms with E-state index in [0.29, 0.717) is 13.1 Å². The van der Waals surface area contributed by atoms with E-state index in [9.17, 15) is 9.18 Å². The zero-order valence-corrected chi connectivity index (χ0v) is 11.7. The summed E-state index contributed by atoms with van der Waals surface area (Å²) < 4.78 is 13.7. The van der Waals surface area contributed by atoms with Gasteiger partial charge in [0.2, 0.25) is 5.91 Å². The van der Waals surface area contributed by atoms with Gasteiger partial charge in [0, 0.05) is 30.1 Å². The highest BCUT2D eigenvalue weighted by Crippen LogP contribution is 2.23. The molecule has 0 spiro atoms. The molecule has 1 unspecified atom stereocenters. The van der Waals surface area contributed by atoms with Crippen LogP contribution in [0.3, 0.4) is 0 Å². The third kappa shape index (κ3) is 3.68. The van der Waals surface area contributed by atoms with Crippen LogP contribution in [-0.2, 0) is 11.2 Å². The monoisotopic (exact) mass is 282 g/mol. The number of nitriles is 1. The Kier molecular flexibility index (Phi) is 5.78. The smallest absolute Gasteiger partial charge is 0.240 e. The summed E-state index contributed by atoms with van der Waals surface area (Å²) in [5.74, 6) is -1.68. The SMILES string of the molecule is CCN(CC)C(=O)C(C#N)Cc1c(F)cccc1Cl. The van der Waals surface area contributed by atoms with Gasteiger partial charge in [0.1, 0.15) is 11.7 Å². The molecule has 1 aromatic rings. The standard InChI is InChI=1S/C14H16ClFN2O/c1-3-18(4-2)14(19)10(9-17)8-11-12(15)6-5-7-13(11)16/h5-7,10H,3-4,8H2,1-2H3. The molecule has 0 saturated heterocycles. The van der Waals surface area contributed by atoms with Crippen molar-refractivity contribution in [2.45, 2.75) is 20.3 Å². The molecular formula is C14H16ClFN2O. The van der Waals surface area contributed by atoms with Crippen molar-refractivity contribution in [3.63, 3.8) is 0 Å². The van der Waals surface area contributed by atoms with Crippen molar-refractivity contribution in [1.82, 2.24) is 4.90 Å². The fourth-order valence-electron chi connectivity index (χ4n) is 1.88. The predicted molar refractivity (Wildman–Crippen MR) is 72.1 cm³/mol. The lowest BCUT2D eigenvalue weighted by Crippen LogP contribution is -2.36. The van der Waals surface area contributed by atoms with E-state index in [2.05, 4.69) is 0 Å². The molecule has 0 aromatic heterocycles. The zero-order valence-electron chi connectivity index (χ0n) is 11.0. The molecule has 0 saturated carbocycles. The van der Waals surface area contributed by atoms with E-state index in [1.54, 1.807) is 11.0 Å². The number of carbonyl (C=O) groups is 1. The Hall–Kier alpha value is -1.60. The number of carbonyl (C=O) groups excluding carboxylic acids is 1. The minimum absolute atomic E-state index is 0.00264. The van der Waals surface area contributed by atoms with Crippen molar-refractivity contribution in [2.75, 3.05) is 13.1 Å². The average molecular weight is 283 g/mol. The zero-order chi connectivity index (χ0) is 14.4. The molecule has 0 heterocycles. The van der Waals surface area contributed by atoms with Crippen molar-refractivity contribution in [2.24, 2.45) is 5.92 Å². The number of hydrogen-bond donors (Lipinski definition) is 0. The molecule has 0 aliphatic carbocycles. The lowest BCUT2D eigenvalue weighted by atomic mass is 9.98. The molecule has 5 heteroatoms. The molecule has 0 N–H and O–H groups in total. The van der Waals surface area contributed by atoms with Crippen LogP contribution in [0, 0.1) is 23.1 Å². The van der Waals surface area contributed by atoms with Crippen molar-refractivity contribution in [3.05, 3.63) is 34.6 Å². The fourth-order valence-corrected chi connectivity index (χ4v) is 2.12. The first-order valence-corrected chi connectivity index (χ1v) is 6.54. The van der Waals surface area contributed by atoms with Crippen molar-refractivity contribution < 1.29 is 9.18 Å². The van der Waals surface area contributed by atoms with Crippen LogP contribution < -0.4 is 0 Å². The number of benzene rings is 1. The van der Waals surface area contributed by atoms with Gasteiger partial charge in [-0.05, 0) is 26.0 Å². The summed E-state index contributed by atoms with van der Waals surface area (Å²) in [6.07, 6.45) is -0.00264. The van der Waals surface area contributed by atoms with Crippen LogP contribution in [0.5, 0.6) is 0 Å². The Morgan fingerprint density at radius 2 is 2.11 bits per heavy atom. The number of nitrogens with zero attached hydrogens (tertiary/aromatic N) is 2. The summed E-state index contributed by atoms with van der Waals surface area (Å²) in [6, 6.07) is 6.26.